The summed E-state index contributed by atoms with van der Waals surface area (Å²) in [5, 5.41) is 21.2. The van der Waals surface area contributed by atoms with Crippen molar-refractivity contribution in [1.82, 2.24) is 0 Å². The molecule has 1 aliphatic heterocycles. The molecule has 1 heterocycles. The molecule has 2 fully saturated rings. The monoisotopic (exact) mass is 171 g/mol. The Morgan fingerprint density at radius 3 is 3.00 bits per heavy atom. The van der Waals surface area contributed by atoms with Gasteiger partial charge < -0.3 is 15.1 Å². The first kappa shape index (κ1) is 8.01. The van der Waals surface area contributed by atoms with Crippen molar-refractivity contribution in [3.05, 3.63) is 0 Å². The number of oxime groups is 1. The van der Waals surface area contributed by atoms with Crippen LogP contribution in [0.4, 0.5) is 0 Å². The minimum Gasteiger partial charge on any atom is -0.411 e. The van der Waals surface area contributed by atoms with Gasteiger partial charge in [-0.3, -0.25) is 0 Å². The molecule has 1 aliphatic carbocycles. The van der Waals surface area contributed by atoms with Crippen LogP contribution in [0.25, 0.3) is 0 Å². The van der Waals surface area contributed by atoms with Gasteiger partial charge in [-0.1, -0.05) is 5.16 Å². The first-order chi connectivity index (χ1) is 5.81. The van der Waals surface area contributed by atoms with Crippen LogP contribution in [0.15, 0.2) is 5.16 Å². The fourth-order valence-corrected chi connectivity index (χ4v) is 2.08. The molecule has 0 bridgehead atoms. The average Bonchev–Trinajstić information content (AvgIpc) is 2.46. The average molecular weight is 171 g/mol. The van der Waals surface area contributed by atoms with Crippen LogP contribution in [0.5, 0.6) is 0 Å². The summed E-state index contributed by atoms with van der Waals surface area (Å²) < 4.78 is 5.38. The Labute approximate surface area is 70.8 Å². The van der Waals surface area contributed by atoms with Crippen molar-refractivity contribution in [2.24, 2.45) is 11.1 Å². The second-order valence-electron chi connectivity index (χ2n) is 3.51. The molecule has 1 saturated carbocycles. The third kappa shape index (κ3) is 1.21. The molecule has 2 aliphatic rings. The van der Waals surface area contributed by atoms with Crippen molar-refractivity contribution in [3.63, 3.8) is 0 Å². The molecule has 0 aromatic heterocycles. The number of fused-ring (bicyclic) bond motifs is 1. The summed E-state index contributed by atoms with van der Waals surface area (Å²) in [4.78, 5) is 0. The van der Waals surface area contributed by atoms with Crippen molar-refractivity contribution in [1.29, 1.82) is 0 Å². The second kappa shape index (κ2) is 3.03. The van der Waals surface area contributed by atoms with Gasteiger partial charge in [0.05, 0.1) is 24.5 Å². The summed E-state index contributed by atoms with van der Waals surface area (Å²) >= 11 is 0. The third-order valence-electron chi connectivity index (χ3n) is 2.77. The zero-order valence-electron chi connectivity index (χ0n) is 6.81. The number of aliphatic hydroxyl groups excluding tert-OH is 1. The molecule has 0 unspecified atom stereocenters. The molecule has 0 radical (unpaired) electrons. The molecule has 4 heteroatoms. The largest absolute Gasteiger partial charge is 0.411 e. The van der Waals surface area contributed by atoms with E-state index >= 15 is 0 Å². The normalized spacial score (nSPS) is 44.8. The molecule has 0 amide bonds. The molecule has 12 heavy (non-hydrogen) atoms. The summed E-state index contributed by atoms with van der Waals surface area (Å²) in [6, 6.07) is 0. The van der Waals surface area contributed by atoms with Crippen molar-refractivity contribution >= 4 is 5.71 Å². The molecule has 68 valence electrons. The first-order valence-electron chi connectivity index (χ1n) is 4.31. The zero-order chi connectivity index (χ0) is 8.55. The Morgan fingerprint density at radius 2 is 2.25 bits per heavy atom. The molecular formula is C8H13NO3. The maximum Gasteiger partial charge on any atom is 0.0889 e. The summed E-state index contributed by atoms with van der Waals surface area (Å²) in [6.07, 6.45) is 2.21. The lowest BCUT2D eigenvalue weighted by molar-refractivity contribution is 0.00736. The van der Waals surface area contributed by atoms with Gasteiger partial charge in [-0.2, -0.15) is 0 Å². The number of rotatable bonds is 0. The Balaban J connectivity index is 2.07. The molecule has 0 spiro atoms. The molecular weight excluding hydrogens is 158 g/mol. The fourth-order valence-electron chi connectivity index (χ4n) is 2.08. The van der Waals surface area contributed by atoms with Crippen LogP contribution in [-0.2, 0) is 4.74 Å². The predicted octanol–water partition coefficient (Wildman–Crippen LogP) is 0.376. The summed E-state index contributed by atoms with van der Waals surface area (Å²) in [5.41, 5.74) is 0.743. The number of hydrogen-bond donors (Lipinski definition) is 2. The van der Waals surface area contributed by atoms with E-state index in [2.05, 4.69) is 5.16 Å². The van der Waals surface area contributed by atoms with E-state index in [1.54, 1.807) is 0 Å². The number of nitrogens with zero attached hydrogens (tertiary/aromatic N) is 1. The van der Waals surface area contributed by atoms with Gasteiger partial charge >= 0.3 is 0 Å². The van der Waals surface area contributed by atoms with E-state index in [0.717, 1.165) is 18.6 Å². The maximum atomic E-state index is 9.33. The molecule has 1 saturated heterocycles. The minimum absolute atomic E-state index is 0.0830. The van der Waals surface area contributed by atoms with Gasteiger partial charge in [-0.05, 0) is 12.8 Å². The molecule has 0 aromatic rings. The van der Waals surface area contributed by atoms with E-state index in [1.165, 1.54) is 0 Å². The predicted molar refractivity (Wildman–Crippen MR) is 42.3 cm³/mol. The van der Waals surface area contributed by atoms with Crippen molar-refractivity contribution < 1.29 is 15.1 Å². The molecule has 2 rings (SSSR count). The highest BCUT2D eigenvalue weighted by Crippen LogP contribution is 2.32. The molecule has 0 aromatic carbocycles. The van der Waals surface area contributed by atoms with Gasteiger partial charge in [0.1, 0.15) is 0 Å². The highest BCUT2D eigenvalue weighted by Gasteiger charge is 2.38. The van der Waals surface area contributed by atoms with E-state index in [9.17, 15) is 5.11 Å². The number of aliphatic hydroxyl groups is 1. The summed E-state index contributed by atoms with van der Waals surface area (Å²) in [5.74, 6) is 0.249. The smallest absolute Gasteiger partial charge is 0.0889 e. The van der Waals surface area contributed by atoms with Gasteiger partial charge in [-0.15, -0.1) is 0 Å². The van der Waals surface area contributed by atoms with Gasteiger partial charge in [-0.25, -0.2) is 0 Å². The van der Waals surface area contributed by atoms with Crippen molar-refractivity contribution in [2.45, 2.75) is 31.5 Å². The number of ether oxygens (including phenoxy) is 1. The van der Waals surface area contributed by atoms with Gasteiger partial charge in [0.15, 0.2) is 0 Å². The zero-order valence-corrected chi connectivity index (χ0v) is 6.81. The second-order valence-corrected chi connectivity index (χ2v) is 3.51. The van der Waals surface area contributed by atoms with Crippen molar-refractivity contribution in [3.8, 4) is 0 Å². The van der Waals surface area contributed by atoms with E-state index < -0.39 is 0 Å². The van der Waals surface area contributed by atoms with Gasteiger partial charge in [0.2, 0.25) is 0 Å². The lowest BCUT2D eigenvalue weighted by Crippen LogP contribution is -2.31. The highest BCUT2D eigenvalue weighted by molar-refractivity contribution is 5.89. The van der Waals surface area contributed by atoms with E-state index in [0.29, 0.717) is 13.0 Å². The van der Waals surface area contributed by atoms with Crippen LogP contribution < -0.4 is 0 Å². The maximum absolute atomic E-state index is 9.33. The molecule has 2 N–H and O–H groups in total. The van der Waals surface area contributed by atoms with Gasteiger partial charge in [0, 0.05) is 12.3 Å². The fraction of sp³-hybridized carbons (Fsp3) is 0.875. The van der Waals surface area contributed by atoms with Crippen LogP contribution in [0.1, 0.15) is 19.3 Å². The summed E-state index contributed by atoms with van der Waals surface area (Å²) in [7, 11) is 0. The first-order valence-corrected chi connectivity index (χ1v) is 4.31. The summed E-state index contributed by atoms with van der Waals surface area (Å²) in [6.45, 7) is 0.429. The Bertz CT molecular complexity index is 204. The lowest BCUT2D eigenvalue weighted by atomic mass is 9.84. The van der Waals surface area contributed by atoms with Crippen LogP contribution in [0, 0.1) is 5.92 Å². The Kier molecular flexibility index (Phi) is 2.02. The topological polar surface area (TPSA) is 62.1 Å². The number of hydrogen-bond acceptors (Lipinski definition) is 4. The van der Waals surface area contributed by atoms with E-state index in [1.807, 2.05) is 0 Å². The van der Waals surface area contributed by atoms with E-state index in [-0.39, 0.29) is 18.1 Å². The standard InChI is InChI=1S/C8H13NO3/c10-5-1-2-6-7(9-11)4-12-8(6)3-5/h5-6,8,10-11H,1-4H2/b9-7-/t5-,6-,8+/m0/s1. The highest BCUT2D eigenvalue weighted by atomic mass is 16.5. The van der Waals surface area contributed by atoms with E-state index in [4.69, 9.17) is 9.94 Å². The lowest BCUT2D eigenvalue weighted by Gasteiger charge is -2.26. The van der Waals surface area contributed by atoms with Crippen LogP contribution in [0.2, 0.25) is 0 Å². The van der Waals surface area contributed by atoms with Crippen molar-refractivity contribution in [2.75, 3.05) is 6.61 Å². The Morgan fingerprint density at radius 1 is 1.42 bits per heavy atom. The van der Waals surface area contributed by atoms with Crippen LogP contribution >= 0.6 is 0 Å². The Hall–Kier alpha value is -0.610. The van der Waals surface area contributed by atoms with Crippen LogP contribution in [-0.4, -0.2) is 34.8 Å². The quantitative estimate of drug-likeness (QED) is 0.409. The molecule has 4 nitrogen and oxygen atoms in total. The molecule has 3 atom stereocenters. The minimum atomic E-state index is -0.232. The SMILES string of the molecule is O/N=C1/CO[C@@H]2C[C@@H](O)CC[C@@H]12. The van der Waals surface area contributed by atoms with Crippen LogP contribution in [0.3, 0.4) is 0 Å². The third-order valence-corrected chi connectivity index (χ3v) is 2.77. The van der Waals surface area contributed by atoms with Gasteiger partial charge in [0.25, 0.3) is 0 Å².